The van der Waals surface area contributed by atoms with Crippen LogP contribution in [-0.4, -0.2) is 27.5 Å². The first-order chi connectivity index (χ1) is 6.00. The third-order valence-corrected chi connectivity index (χ3v) is 3.13. The maximum atomic E-state index is 13.3. The van der Waals surface area contributed by atoms with E-state index in [0.29, 0.717) is 5.57 Å². The molecule has 0 aromatic rings. The molecule has 2 atom stereocenters. The zero-order valence-corrected chi connectivity index (χ0v) is 8.85. The molecule has 1 N–H and O–H groups in total. The average molecular weight is 269 g/mol. The average Bonchev–Trinajstić information content (AvgIpc) is 2.09. The molecule has 0 aliphatic heterocycles. The van der Waals surface area contributed by atoms with Crippen molar-refractivity contribution < 1.29 is 14.3 Å². The second-order valence-electron chi connectivity index (χ2n) is 2.68. The fourth-order valence-electron chi connectivity index (χ4n) is 0.963. The molecule has 0 heterocycles. The van der Waals surface area contributed by atoms with Crippen LogP contribution >= 0.6 is 27.5 Å². The molecule has 0 amide bonds. The number of carboxylic acid groups (broad SMARTS) is 1. The SMILES string of the molecule is O=C(O)C1(Br)C=CC(CCl)=CC1F. The molecule has 0 saturated carbocycles. The van der Waals surface area contributed by atoms with Crippen LogP contribution < -0.4 is 0 Å². The van der Waals surface area contributed by atoms with Gasteiger partial charge in [-0.05, 0) is 11.6 Å². The Bertz CT molecular complexity index is 290. The first kappa shape index (κ1) is 10.7. The van der Waals surface area contributed by atoms with E-state index in [1.54, 1.807) is 0 Å². The quantitative estimate of drug-likeness (QED) is 0.781. The zero-order valence-electron chi connectivity index (χ0n) is 6.51. The minimum Gasteiger partial charge on any atom is -0.480 e. The smallest absolute Gasteiger partial charge is 0.327 e. The van der Waals surface area contributed by atoms with Gasteiger partial charge >= 0.3 is 5.97 Å². The highest BCUT2D eigenvalue weighted by molar-refractivity contribution is 9.10. The Hall–Kier alpha value is -0.350. The molecule has 1 rings (SSSR count). The highest BCUT2D eigenvalue weighted by Gasteiger charge is 2.42. The van der Waals surface area contributed by atoms with Crippen LogP contribution in [0.15, 0.2) is 23.8 Å². The van der Waals surface area contributed by atoms with E-state index < -0.39 is 16.5 Å². The molecular weight excluding hydrogens is 262 g/mol. The van der Waals surface area contributed by atoms with Crippen molar-refractivity contribution in [1.29, 1.82) is 0 Å². The van der Waals surface area contributed by atoms with Crippen LogP contribution in [0.25, 0.3) is 0 Å². The van der Waals surface area contributed by atoms with Gasteiger partial charge in [-0.2, -0.15) is 0 Å². The molecule has 0 aromatic heterocycles. The van der Waals surface area contributed by atoms with Gasteiger partial charge < -0.3 is 5.11 Å². The number of carboxylic acids is 1. The lowest BCUT2D eigenvalue weighted by molar-refractivity contribution is -0.139. The Kier molecular flexibility index (Phi) is 3.14. The molecule has 1 aliphatic rings. The van der Waals surface area contributed by atoms with Gasteiger partial charge in [-0.3, -0.25) is 4.79 Å². The van der Waals surface area contributed by atoms with Crippen LogP contribution in [0, 0.1) is 0 Å². The van der Waals surface area contributed by atoms with E-state index in [1.807, 2.05) is 0 Å². The van der Waals surface area contributed by atoms with Gasteiger partial charge in [0, 0.05) is 5.88 Å². The van der Waals surface area contributed by atoms with Gasteiger partial charge in [0.2, 0.25) is 0 Å². The van der Waals surface area contributed by atoms with Crippen molar-refractivity contribution in [3.8, 4) is 0 Å². The fraction of sp³-hybridized carbons (Fsp3) is 0.375. The van der Waals surface area contributed by atoms with E-state index in [9.17, 15) is 9.18 Å². The van der Waals surface area contributed by atoms with E-state index in [-0.39, 0.29) is 5.88 Å². The second kappa shape index (κ2) is 3.80. The van der Waals surface area contributed by atoms with Gasteiger partial charge in [-0.1, -0.05) is 28.1 Å². The Morgan fingerprint density at radius 3 is 2.85 bits per heavy atom. The summed E-state index contributed by atoms with van der Waals surface area (Å²) in [4.78, 5) is 10.7. The van der Waals surface area contributed by atoms with Gasteiger partial charge in [-0.25, -0.2) is 4.39 Å². The van der Waals surface area contributed by atoms with E-state index in [2.05, 4.69) is 15.9 Å². The number of hydrogen-bond acceptors (Lipinski definition) is 1. The van der Waals surface area contributed by atoms with Gasteiger partial charge in [0.25, 0.3) is 0 Å². The van der Waals surface area contributed by atoms with Crippen LogP contribution in [0.5, 0.6) is 0 Å². The van der Waals surface area contributed by atoms with Crippen LogP contribution in [0.1, 0.15) is 0 Å². The number of alkyl halides is 3. The monoisotopic (exact) mass is 268 g/mol. The van der Waals surface area contributed by atoms with Crippen molar-refractivity contribution in [2.75, 3.05) is 5.88 Å². The Morgan fingerprint density at radius 2 is 2.46 bits per heavy atom. The molecule has 2 nitrogen and oxygen atoms in total. The number of carbonyl (C=O) groups is 1. The maximum Gasteiger partial charge on any atom is 0.327 e. The van der Waals surface area contributed by atoms with Crippen molar-refractivity contribution in [3.05, 3.63) is 23.8 Å². The zero-order chi connectivity index (χ0) is 10.1. The van der Waals surface area contributed by atoms with Gasteiger partial charge in [-0.15, -0.1) is 11.6 Å². The molecule has 2 unspecified atom stereocenters. The van der Waals surface area contributed by atoms with Crippen molar-refractivity contribution in [3.63, 3.8) is 0 Å². The lowest BCUT2D eigenvalue weighted by Crippen LogP contribution is -2.40. The standard InChI is InChI=1S/C8H7BrClFO2/c9-8(7(12)13)2-1-5(4-10)3-6(8)11/h1-3,6H,4H2,(H,12,13). The minimum atomic E-state index is -1.64. The van der Waals surface area contributed by atoms with Crippen LogP contribution in [-0.2, 0) is 4.79 Å². The predicted octanol–water partition coefficient (Wildman–Crippen LogP) is 2.28. The maximum absolute atomic E-state index is 13.3. The van der Waals surface area contributed by atoms with Crippen molar-refractivity contribution in [2.45, 2.75) is 10.5 Å². The van der Waals surface area contributed by atoms with Gasteiger partial charge in [0.1, 0.15) is 6.17 Å². The molecular formula is C8H7BrClFO2. The number of aliphatic carboxylic acids is 1. The number of halogens is 3. The van der Waals surface area contributed by atoms with E-state index in [1.165, 1.54) is 18.2 Å². The summed E-state index contributed by atoms with van der Waals surface area (Å²) in [6, 6.07) is 0. The Morgan fingerprint density at radius 1 is 1.85 bits per heavy atom. The molecule has 0 radical (unpaired) electrons. The van der Waals surface area contributed by atoms with Crippen molar-refractivity contribution in [2.24, 2.45) is 0 Å². The van der Waals surface area contributed by atoms with E-state index in [0.717, 1.165) is 0 Å². The van der Waals surface area contributed by atoms with Gasteiger partial charge in [0.05, 0.1) is 0 Å². The fourth-order valence-corrected chi connectivity index (χ4v) is 1.41. The molecule has 5 heteroatoms. The normalized spacial score (nSPS) is 32.8. The highest BCUT2D eigenvalue weighted by atomic mass is 79.9. The molecule has 0 aromatic carbocycles. The minimum absolute atomic E-state index is 0.180. The summed E-state index contributed by atoms with van der Waals surface area (Å²) in [6.07, 6.45) is 2.38. The Balaban J connectivity index is 2.94. The predicted molar refractivity (Wildman–Crippen MR) is 52.1 cm³/mol. The first-order valence-electron chi connectivity index (χ1n) is 3.53. The van der Waals surface area contributed by atoms with Crippen molar-refractivity contribution in [1.82, 2.24) is 0 Å². The summed E-state index contributed by atoms with van der Waals surface area (Å²) in [5.74, 6) is -1.07. The molecule has 0 spiro atoms. The van der Waals surface area contributed by atoms with Crippen molar-refractivity contribution >= 4 is 33.5 Å². The lowest BCUT2D eigenvalue weighted by Gasteiger charge is -2.24. The second-order valence-corrected chi connectivity index (χ2v) is 4.26. The molecule has 13 heavy (non-hydrogen) atoms. The van der Waals surface area contributed by atoms with E-state index in [4.69, 9.17) is 16.7 Å². The summed E-state index contributed by atoms with van der Waals surface area (Å²) >= 11 is 8.30. The first-order valence-corrected chi connectivity index (χ1v) is 4.85. The third-order valence-electron chi connectivity index (χ3n) is 1.78. The third kappa shape index (κ3) is 1.94. The summed E-state index contributed by atoms with van der Waals surface area (Å²) in [5.41, 5.74) is 0.588. The molecule has 0 saturated heterocycles. The topological polar surface area (TPSA) is 37.3 Å². The highest BCUT2D eigenvalue weighted by Crippen LogP contribution is 2.33. The summed E-state index contributed by atoms with van der Waals surface area (Å²) < 4.78 is 11.7. The summed E-state index contributed by atoms with van der Waals surface area (Å²) in [7, 11) is 0. The molecule has 0 bridgehead atoms. The largest absolute Gasteiger partial charge is 0.480 e. The summed E-state index contributed by atoms with van der Waals surface area (Å²) in [5, 5.41) is 8.73. The number of hydrogen-bond donors (Lipinski definition) is 1. The molecule has 72 valence electrons. The Labute approximate surface area is 88.2 Å². The van der Waals surface area contributed by atoms with Crippen LogP contribution in [0.2, 0.25) is 0 Å². The van der Waals surface area contributed by atoms with Crippen LogP contribution in [0.4, 0.5) is 4.39 Å². The summed E-state index contributed by atoms with van der Waals surface area (Å²) in [6.45, 7) is 0. The number of allylic oxidation sites excluding steroid dienone is 3. The molecule has 0 fully saturated rings. The lowest BCUT2D eigenvalue weighted by atomic mass is 9.95. The van der Waals surface area contributed by atoms with E-state index >= 15 is 0 Å². The molecule has 1 aliphatic carbocycles. The number of rotatable bonds is 2. The van der Waals surface area contributed by atoms with Gasteiger partial charge in [0.15, 0.2) is 4.32 Å². The van der Waals surface area contributed by atoms with Crippen LogP contribution in [0.3, 0.4) is 0 Å².